The summed E-state index contributed by atoms with van der Waals surface area (Å²) in [6.45, 7) is 0. The van der Waals surface area contributed by atoms with Crippen molar-refractivity contribution in [2.75, 3.05) is 0 Å². The zero-order valence-electron chi connectivity index (χ0n) is 32.9. The Kier molecular flexibility index (Phi) is 7.31. The summed E-state index contributed by atoms with van der Waals surface area (Å²) >= 11 is 0. The number of hydrogen-bond donors (Lipinski definition) is 0. The van der Waals surface area contributed by atoms with Crippen LogP contribution in [0, 0.1) is 0 Å². The summed E-state index contributed by atoms with van der Waals surface area (Å²) in [5, 5.41) is 10.8. The molecule has 0 bridgehead atoms. The van der Waals surface area contributed by atoms with Gasteiger partial charge in [-0.1, -0.05) is 206 Å². The summed E-state index contributed by atoms with van der Waals surface area (Å²) in [5.41, 5.74) is 11.3. The molecule has 0 radical (unpaired) electrons. The van der Waals surface area contributed by atoms with Gasteiger partial charge in [0.15, 0.2) is 0 Å². The first-order chi connectivity index (χ1) is 29.6. The molecule has 9 aromatic carbocycles. The Labute approximate surface area is 349 Å². The maximum atomic E-state index is 18.1. The lowest BCUT2D eigenvalue weighted by atomic mass is 9.80. The highest BCUT2D eigenvalue weighted by atomic mass is 31.2. The van der Waals surface area contributed by atoms with Crippen LogP contribution in [-0.2, 0) is 4.57 Å². The van der Waals surface area contributed by atoms with Crippen LogP contribution in [0.2, 0.25) is 0 Å². The Morgan fingerprint density at radius 2 is 0.700 bits per heavy atom. The van der Waals surface area contributed by atoms with Gasteiger partial charge in [-0.2, -0.15) is 0 Å². The van der Waals surface area contributed by atoms with Crippen molar-refractivity contribution in [3.63, 3.8) is 0 Å². The van der Waals surface area contributed by atoms with Crippen LogP contribution in [0.15, 0.2) is 188 Å². The molecule has 4 aliphatic carbocycles. The second-order valence-corrected chi connectivity index (χ2v) is 20.0. The molecular formula is C58H39OP. The van der Waals surface area contributed by atoms with Gasteiger partial charge in [0, 0.05) is 17.1 Å². The van der Waals surface area contributed by atoms with Crippen LogP contribution in [0.4, 0.5) is 0 Å². The highest BCUT2D eigenvalue weighted by Crippen LogP contribution is 2.72. The molecule has 4 aliphatic rings. The third kappa shape index (κ3) is 4.79. The molecule has 0 heterocycles. The van der Waals surface area contributed by atoms with E-state index in [1.807, 2.05) is 0 Å². The first-order valence-electron chi connectivity index (χ1n) is 21.2. The molecule has 0 N–H and O–H groups in total. The molecule has 2 heteroatoms. The molecule has 0 amide bonds. The van der Waals surface area contributed by atoms with E-state index in [-0.39, 0.29) is 23.2 Å². The van der Waals surface area contributed by atoms with Crippen LogP contribution in [-0.4, -0.2) is 0 Å². The highest BCUT2D eigenvalue weighted by Gasteiger charge is 2.46. The van der Waals surface area contributed by atoms with Gasteiger partial charge in [-0.05, 0) is 105 Å². The monoisotopic (exact) mass is 782 g/mol. The Bertz CT molecular complexity index is 3380. The van der Waals surface area contributed by atoms with Gasteiger partial charge in [0.25, 0.3) is 0 Å². The van der Waals surface area contributed by atoms with E-state index in [0.717, 1.165) is 22.0 Å². The van der Waals surface area contributed by atoms with Gasteiger partial charge >= 0.3 is 0 Å². The van der Waals surface area contributed by atoms with Crippen molar-refractivity contribution in [1.29, 1.82) is 0 Å². The number of allylic oxidation sites excluding steroid dienone is 4. The van der Waals surface area contributed by atoms with E-state index >= 15 is 4.57 Å². The highest BCUT2D eigenvalue weighted by molar-refractivity contribution is 7.72. The van der Waals surface area contributed by atoms with E-state index in [0.29, 0.717) is 0 Å². The molecule has 0 aliphatic heterocycles. The predicted octanol–water partition coefficient (Wildman–Crippen LogP) is 15.1. The maximum Gasteiger partial charge on any atom is 0.137 e. The number of hydrogen-bond acceptors (Lipinski definition) is 1. The van der Waals surface area contributed by atoms with Crippen molar-refractivity contribution in [3.8, 4) is 0 Å². The topological polar surface area (TPSA) is 17.1 Å². The van der Waals surface area contributed by atoms with E-state index in [9.17, 15) is 0 Å². The van der Waals surface area contributed by atoms with Gasteiger partial charge < -0.3 is 4.57 Å². The minimum atomic E-state index is -3.55. The van der Waals surface area contributed by atoms with Crippen molar-refractivity contribution in [2.45, 2.75) is 23.2 Å². The largest absolute Gasteiger partial charge is 0.317 e. The van der Waals surface area contributed by atoms with Gasteiger partial charge in [0.1, 0.15) is 7.14 Å². The van der Waals surface area contributed by atoms with E-state index < -0.39 is 7.14 Å². The third-order valence-electron chi connectivity index (χ3n) is 14.0. The van der Waals surface area contributed by atoms with Crippen LogP contribution in [0.25, 0.3) is 67.4 Å². The number of rotatable bonds is 5. The van der Waals surface area contributed by atoms with Gasteiger partial charge in [-0.15, -0.1) is 0 Å². The molecule has 0 spiro atoms. The van der Waals surface area contributed by atoms with Crippen molar-refractivity contribution in [3.05, 3.63) is 244 Å². The fraction of sp³-hybridized carbons (Fsp3) is 0.0690. The van der Waals surface area contributed by atoms with Crippen LogP contribution in [0.5, 0.6) is 0 Å². The summed E-state index contributed by atoms with van der Waals surface area (Å²) < 4.78 is 18.1. The summed E-state index contributed by atoms with van der Waals surface area (Å²) in [4.78, 5) is 0. The Morgan fingerprint density at radius 3 is 1.17 bits per heavy atom. The summed E-state index contributed by atoms with van der Waals surface area (Å²) in [6.07, 6.45) is 18.4. The number of benzene rings is 9. The van der Waals surface area contributed by atoms with Gasteiger partial charge in [0.05, 0.1) is 11.3 Å². The summed E-state index contributed by atoms with van der Waals surface area (Å²) in [6, 6.07) is 59.9. The zero-order valence-corrected chi connectivity index (χ0v) is 33.8. The lowest BCUT2D eigenvalue weighted by Gasteiger charge is -2.39. The minimum Gasteiger partial charge on any atom is -0.317 e. The van der Waals surface area contributed by atoms with E-state index in [4.69, 9.17) is 0 Å². The van der Waals surface area contributed by atoms with Crippen molar-refractivity contribution in [1.82, 2.24) is 0 Å². The van der Waals surface area contributed by atoms with Gasteiger partial charge in [0.2, 0.25) is 0 Å². The van der Waals surface area contributed by atoms with Crippen molar-refractivity contribution < 1.29 is 4.57 Å². The maximum absolute atomic E-state index is 18.1. The van der Waals surface area contributed by atoms with Crippen LogP contribution in [0.1, 0.15) is 78.8 Å². The molecule has 13 rings (SSSR count). The molecule has 0 saturated carbocycles. The van der Waals surface area contributed by atoms with E-state index in [1.54, 1.807) is 0 Å². The van der Waals surface area contributed by atoms with Crippen LogP contribution >= 0.6 is 7.14 Å². The second-order valence-electron chi connectivity index (χ2n) is 17.0. The summed E-state index contributed by atoms with van der Waals surface area (Å²) in [5.74, 6) is -0.0775. The zero-order chi connectivity index (χ0) is 39.5. The first-order valence-corrected chi connectivity index (χ1v) is 23.0. The molecule has 0 saturated heterocycles. The van der Waals surface area contributed by atoms with E-state index in [1.165, 1.54) is 82.0 Å². The molecule has 282 valence electrons. The van der Waals surface area contributed by atoms with Crippen molar-refractivity contribution in [2.24, 2.45) is 0 Å². The van der Waals surface area contributed by atoms with Crippen LogP contribution in [0.3, 0.4) is 0 Å². The molecule has 0 fully saturated rings. The molecule has 4 unspecified atom stereocenters. The van der Waals surface area contributed by atoms with Gasteiger partial charge in [-0.25, -0.2) is 0 Å². The normalized spacial score (nSPS) is 20.3. The standard InChI is InChI=1S/C58H39OP/c59-60(52-33-28-42-15-3-11-38-19-7-23-50(52)57(38)42,53-34-29-43-16-4-12-39-20-8-24-51(53)58(39)43)54-35-44(45-30-25-40-13-1-9-36-17-5-21-48(45)55(36)40)27-32-47(54)46-31-26-41-14-2-10-37-18-6-22-49(46)56(37)41/h1-35,45-46,52-53H. The molecule has 9 aromatic rings. The molecular weight excluding hydrogens is 744 g/mol. The fourth-order valence-electron chi connectivity index (χ4n) is 11.4. The molecule has 60 heavy (non-hydrogen) atoms. The van der Waals surface area contributed by atoms with Crippen LogP contribution < -0.4 is 5.30 Å². The predicted molar refractivity (Wildman–Crippen MR) is 255 cm³/mol. The SMILES string of the molecule is O=P(c1cc(C2C=Cc3cccc4cccc2c34)ccc1C1C=Cc2cccc3cccc1c23)(C1C=Cc2cccc3cccc1c23)C1C=Cc2cccc3cccc1c23. The Hall–Kier alpha value is -6.79. The van der Waals surface area contributed by atoms with E-state index in [2.05, 4.69) is 212 Å². The summed E-state index contributed by atoms with van der Waals surface area (Å²) in [7, 11) is -3.55. The van der Waals surface area contributed by atoms with Gasteiger partial charge in [-0.3, -0.25) is 0 Å². The third-order valence-corrected chi connectivity index (χ3v) is 17.7. The lowest BCUT2D eigenvalue weighted by molar-refractivity contribution is 0.573. The lowest BCUT2D eigenvalue weighted by Crippen LogP contribution is -2.24. The Morgan fingerprint density at radius 1 is 0.333 bits per heavy atom. The van der Waals surface area contributed by atoms with Crippen molar-refractivity contribution >= 4 is 79.8 Å². The second kappa shape index (κ2) is 12.9. The molecule has 4 atom stereocenters. The average Bonchev–Trinajstić information content (AvgIpc) is 3.30. The quantitative estimate of drug-likeness (QED) is 0.159. The smallest absolute Gasteiger partial charge is 0.137 e. The Balaban J connectivity index is 1.13. The minimum absolute atomic E-state index is 0.00742. The molecule has 0 aromatic heterocycles. The molecule has 1 nitrogen and oxygen atoms in total. The fourth-order valence-corrected chi connectivity index (χ4v) is 15.2. The average molecular weight is 783 g/mol. The first kappa shape index (κ1) is 34.1.